The molecule has 0 spiro atoms. The van der Waals surface area contributed by atoms with Crippen molar-refractivity contribution in [2.75, 3.05) is 0 Å². The molecule has 0 atom stereocenters. The molecule has 0 saturated carbocycles. The summed E-state index contributed by atoms with van der Waals surface area (Å²) in [5.74, 6) is -0.319. The van der Waals surface area contributed by atoms with Crippen molar-refractivity contribution in [2.45, 2.75) is 19.3 Å². The molecular formula is C20H20O4W3. The summed E-state index contributed by atoms with van der Waals surface area (Å²) in [4.78, 5) is 12.1. The van der Waals surface area contributed by atoms with E-state index in [-0.39, 0.29) is 86.2 Å². The van der Waals surface area contributed by atoms with Crippen LogP contribution in [0.15, 0.2) is 55.1 Å². The molecule has 7 heteroatoms. The predicted octanol–water partition coefficient (Wildman–Crippen LogP) is 4.16. The SMILES string of the molecule is C=CC(C)(C)c1cc(/C=C/C(=O)c2ccc(O)cc2)c(O)cc1O.[W].[W].[W]. The number of aromatic hydroxyl groups is 3. The van der Waals surface area contributed by atoms with Gasteiger partial charge in [-0.15, -0.1) is 6.58 Å². The smallest absolute Gasteiger partial charge is 0.185 e. The van der Waals surface area contributed by atoms with Crippen molar-refractivity contribution in [1.82, 2.24) is 0 Å². The Balaban J connectivity index is 0. The first-order chi connectivity index (χ1) is 11.2. The summed E-state index contributed by atoms with van der Waals surface area (Å²) in [6.07, 6.45) is 4.53. The van der Waals surface area contributed by atoms with Crippen molar-refractivity contribution in [1.29, 1.82) is 0 Å². The van der Waals surface area contributed by atoms with Gasteiger partial charge in [0.2, 0.25) is 0 Å². The number of benzene rings is 2. The third-order valence-corrected chi connectivity index (χ3v) is 3.92. The minimum absolute atomic E-state index is 0. The number of carbonyl (C=O) groups is 1. The summed E-state index contributed by atoms with van der Waals surface area (Å²) in [5, 5.41) is 29.3. The Morgan fingerprint density at radius 3 is 2.04 bits per heavy atom. The van der Waals surface area contributed by atoms with Gasteiger partial charge in [-0.3, -0.25) is 4.79 Å². The third kappa shape index (κ3) is 7.18. The van der Waals surface area contributed by atoms with E-state index in [2.05, 4.69) is 6.58 Å². The Bertz CT molecular complexity index is 813. The Kier molecular flexibility index (Phi) is 12.4. The van der Waals surface area contributed by atoms with Crippen molar-refractivity contribution < 1.29 is 83.3 Å². The third-order valence-electron chi connectivity index (χ3n) is 3.92. The minimum atomic E-state index is -0.485. The van der Waals surface area contributed by atoms with Crippen molar-refractivity contribution in [3.8, 4) is 17.2 Å². The van der Waals surface area contributed by atoms with Crippen molar-refractivity contribution in [3.63, 3.8) is 0 Å². The van der Waals surface area contributed by atoms with Crippen molar-refractivity contribution in [3.05, 3.63) is 71.8 Å². The molecule has 0 aliphatic rings. The molecule has 2 rings (SSSR count). The van der Waals surface area contributed by atoms with Crippen LogP contribution in [-0.4, -0.2) is 21.1 Å². The van der Waals surface area contributed by atoms with E-state index in [0.717, 1.165) is 0 Å². The van der Waals surface area contributed by atoms with Gasteiger partial charge < -0.3 is 15.3 Å². The maximum atomic E-state index is 12.1. The average Bonchev–Trinajstić information content (AvgIpc) is 2.54. The maximum absolute atomic E-state index is 12.1. The van der Waals surface area contributed by atoms with E-state index in [9.17, 15) is 20.1 Å². The summed E-state index contributed by atoms with van der Waals surface area (Å²) in [6.45, 7) is 7.54. The zero-order chi connectivity index (χ0) is 17.9. The van der Waals surface area contributed by atoms with Crippen LogP contribution in [0.4, 0.5) is 0 Å². The molecule has 4 nitrogen and oxygen atoms in total. The van der Waals surface area contributed by atoms with E-state index < -0.39 is 5.41 Å². The first-order valence-corrected chi connectivity index (χ1v) is 7.46. The Morgan fingerprint density at radius 2 is 1.52 bits per heavy atom. The van der Waals surface area contributed by atoms with Gasteiger partial charge in [0.15, 0.2) is 5.78 Å². The van der Waals surface area contributed by atoms with Gasteiger partial charge in [-0.05, 0) is 42.5 Å². The van der Waals surface area contributed by atoms with Crippen LogP contribution in [0.25, 0.3) is 6.08 Å². The van der Waals surface area contributed by atoms with Crippen molar-refractivity contribution in [2.24, 2.45) is 0 Å². The molecule has 0 bridgehead atoms. The van der Waals surface area contributed by atoms with Crippen LogP contribution in [-0.2, 0) is 68.6 Å². The summed E-state index contributed by atoms with van der Waals surface area (Å²) >= 11 is 0. The molecule has 0 unspecified atom stereocenters. The van der Waals surface area contributed by atoms with E-state index in [4.69, 9.17) is 0 Å². The maximum Gasteiger partial charge on any atom is 0.185 e. The van der Waals surface area contributed by atoms with Gasteiger partial charge >= 0.3 is 0 Å². The number of hydrogen-bond donors (Lipinski definition) is 3. The molecule has 0 amide bonds. The summed E-state index contributed by atoms with van der Waals surface area (Å²) in [5.41, 5.74) is 0.965. The van der Waals surface area contributed by atoms with Crippen LogP contribution >= 0.6 is 0 Å². The minimum Gasteiger partial charge on any atom is -0.508 e. The number of phenols is 3. The van der Waals surface area contributed by atoms with Crippen LogP contribution in [0.3, 0.4) is 0 Å². The first kappa shape index (κ1) is 28.3. The molecule has 27 heavy (non-hydrogen) atoms. The van der Waals surface area contributed by atoms with Crippen LogP contribution in [0.1, 0.15) is 35.3 Å². The van der Waals surface area contributed by atoms with Gasteiger partial charge in [-0.25, -0.2) is 0 Å². The van der Waals surface area contributed by atoms with Crippen LogP contribution in [0.5, 0.6) is 17.2 Å². The molecule has 0 aliphatic heterocycles. The normalized spacial score (nSPS) is 10.3. The monoisotopic (exact) mass is 876 g/mol. The predicted molar refractivity (Wildman–Crippen MR) is 94.5 cm³/mol. The Labute approximate surface area is 202 Å². The fraction of sp³-hybridized carbons (Fsp3) is 0.150. The fourth-order valence-corrected chi connectivity index (χ4v) is 2.24. The fourth-order valence-electron chi connectivity index (χ4n) is 2.24. The molecule has 0 saturated heterocycles. The molecule has 0 aliphatic carbocycles. The zero-order valence-electron chi connectivity index (χ0n) is 14.9. The topological polar surface area (TPSA) is 77.8 Å². The summed E-state index contributed by atoms with van der Waals surface area (Å²) in [7, 11) is 0. The van der Waals surface area contributed by atoms with E-state index in [0.29, 0.717) is 16.7 Å². The van der Waals surface area contributed by atoms with Gasteiger partial charge in [0.25, 0.3) is 0 Å². The van der Waals surface area contributed by atoms with Crippen LogP contribution < -0.4 is 0 Å². The second kappa shape index (κ2) is 11.8. The number of ketones is 1. The van der Waals surface area contributed by atoms with E-state index >= 15 is 0 Å². The van der Waals surface area contributed by atoms with Gasteiger partial charge in [0.1, 0.15) is 17.2 Å². The van der Waals surface area contributed by atoms with Gasteiger partial charge in [0, 0.05) is 91.4 Å². The second-order valence-electron chi connectivity index (χ2n) is 6.10. The zero-order valence-corrected chi connectivity index (χ0v) is 23.7. The number of phenolic OH excluding ortho intramolecular Hbond substituents is 3. The number of carbonyl (C=O) groups excluding carboxylic acids is 1. The molecule has 0 heterocycles. The van der Waals surface area contributed by atoms with Gasteiger partial charge in [-0.2, -0.15) is 0 Å². The second-order valence-corrected chi connectivity index (χ2v) is 6.10. The average molecular weight is 876 g/mol. The molecule has 0 radical (unpaired) electrons. The Morgan fingerprint density at radius 1 is 0.963 bits per heavy atom. The molecule has 3 N–H and O–H groups in total. The summed E-state index contributed by atoms with van der Waals surface area (Å²) < 4.78 is 0. The summed E-state index contributed by atoms with van der Waals surface area (Å²) in [6, 6.07) is 8.79. The molecule has 2 aromatic carbocycles. The van der Waals surface area contributed by atoms with Crippen LogP contribution in [0.2, 0.25) is 0 Å². The molecule has 0 aromatic heterocycles. The molecule has 0 fully saturated rings. The van der Waals surface area contributed by atoms with Crippen LogP contribution in [0, 0.1) is 0 Å². The van der Waals surface area contributed by atoms with E-state index in [1.807, 2.05) is 13.8 Å². The van der Waals surface area contributed by atoms with Gasteiger partial charge in [-0.1, -0.05) is 19.9 Å². The van der Waals surface area contributed by atoms with Crippen molar-refractivity contribution >= 4 is 11.9 Å². The Hall–Kier alpha value is -0.945. The largest absolute Gasteiger partial charge is 0.508 e. The van der Waals surface area contributed by atoms with E-state index in [1.54, 1.807) is 12.1 Å². The first-order valence-electron chi connectivity index (χ1n) is 7.46. The molecule has 142 valence electrons. The number of rotatable bonds is 5. The molecule has 2 aromatic rings. The quantitative estimate of drug-likeness (QED) is 0.240. The van der Waals surface area contributed by atoms with E-state index in [1.165, 1.54) is 42.5 Å². The number of allylic oxidation sites excluding steroid dienone is 2. The number of hydrogen-bond acceptors (Lipinski definition) is 4. The molecular weight excluding hydrogens is 856 g/mol. The van der Waals surface area contributed by atoms with Gasteiger partial charge in [0.05, 0.1) is 0 Å². The standard InChI is InChI=1S/C20H20O4.3W/c1-4-20(2,3)16-11-14(18(23)12-19(16)24)7-10-17(22)13-5-8-15(21)9-6-13;;;/h4-12,21,23-24H,1H2,2-3H3;;;/b10-7+;;;.